The van der Waals surface area contributed by atoms with Gasteiger partial charge in [-0.2, -0.15) is 0 Å². The number of carbonyl (C=O) groups excluding carboxylic acids is 1. The van der Waals surface area contributed by atoms with E-state index in [1.165, 1.54) is 6.07 Å². The fourth-order valence-corrected chi connectivity index (χ4v) is 2.32. The summed E-state index contributed by atoms with van der Waals surface area (Å²) in [6, 6.07) is 6.19. The maximum atomic E-state index is 13.5. The summed E-state index contributed by atoms with van der Waals surface area (Å²) >= 11 is 0. The van der Waals surface area contributed by atoms with Gasteiger partial charge in [0.05, 0.1) is 18.1 Å². The van der Waals surface area contributed by atoms with Gasteiger partial charge in [0.15, 0.2) is 0 Å². The highest BCUT2D eigenvalue weighted by Crippen LogP contribution is 2.22. The first-order chi connectivity index (χ1) is 9.57. The molecule has 1 aromatic carbocycles. The van der Waals surface area contributed by atoms with Crippen molar-refractivity contribution in [3.8, 4) is 0 Å². The molecule has 2 N–H and O–H groups in total. The molecule has 2 rings (SSSR count). The van der Waals surface area contributed by atoms with Gasteiger partial charge in [-0.15, -0.1) is 0 Å². The van der Waals surface area contributed by atoms with Gasteiger partial charge in [0, 0.05) is 0 Å². The number of rotatable bonds is 4. The first-order valence-corrected chi connectivity index (χ1v) is 6.66. The Morgan fingerprint density at radius 3 is 2.80 bits per heavy atom. The van der Waals surface area contributed by atoms with Crippen molar-refractivity contribution in [1.82, 2.24) is 5.32 Å². The average Bonchev–Trinajstić information content (AvgIpc) is 2.44. The molecule has 20 heavy (non-hydrogen) atoms. The van der Waals surface area contributed by atoms with Gasteiger partial charge in [-0.25, -0.2) is 4.39 Å². The third kappa shape index (κ3) is 2.96. The van der Waals surface area contributed by atoms with Gasteiger partial charge in [0.25, 0.3) is 0 Å². The average molecular weight is 275 g/mol. The maximum absolute atomic E-state index is 13.5. The number of halogens is 1. The Kier molecular flexibility index (Phi) is 4.35. The van der Waals surface area contributed by atoms with Crippen LogP contribution >= 0.6 is 0 Å². The Morgan fingerprint density at radius 2 is 2.15 bits per heavy atom. The van der Waals surface area contributed by atoms with Crippen LogP contribution < -0.4 is 5.32 Å². The lowest BCUT2D eigenvalue weighted by atomic mass is 9.85. The first-order valence-electron chi connectivity index (χ1n) is 6.66. The number of benzene rings is 1. The van der Waals surface area contributed by atoms with Crippen molar-refractivity contribution < 1.29 is 14.3 Å². The maximum Gasteiger partial charge on any atom is 0.225 e. The Balaban J connectivity index is 2.09. The predicted octanol–water partition coefficient (Wildman–Crippen LogP) is 2.12. The van der Waals surface area contributed by atoms with Crippen molar-refractivity contribution in [2.45, 2.75) is 31.4 Å². The lowest BCUT2D eigenvalue weighted by molar-refractivity contribution is -0.123. The molecular weight excluding hydrogens is 257 g/mol. The Labute approximate surface area is 117 Å². The topological polar surface area (TPSA) is 49.3 Å². The van der Waals surface area contributed by atoms with Crippen LogP contribution in [0.15, 0.2) is 48.6 Å². The molecule has 4 heteroatoms. The second-order valence-corrected chi connectivity index (χ2v) is 4.90. The van der Waals surface area contributed by atoms with E-state index in [0.717, 1.165) is 0 Å². The van der Waals surface area contributed by atoms with Crippen molar-refractivity contribution in [3.63, 3.8) is 0 Å². The predicted molar refractivity (Wildman–Crippen MR) is 75.6 cm³/mol. The van der Waals surface area contributed by atoms with Gasteiger partial charge in [-0.05, 0) is 18.1 Å². The minimum absolute atomic E-state index is 0.0430. The van der Waals surface area contributed by atoms with Gasteiger partial charge in [-0.3, -0.25) is 4.79 Å². The van der Waals surface area contributed by atoms with E-state index < -0.39 is 17.5 Å². The van der Waals surface area contributed by atoms with Crippen molar-refractivity contribution in [1.29, 1.82) is 0 Å². The van der Waals surface area contributed by atoms with Crippen LogP contribution in [0.1, 0.15) is 18.9 Å². The molecule has 1 aliphatic rings. The quantitative estimate of drug-likeness (QED) is 0.884. The molecule has 0 bridgehead atoms. The lowest BCUT2D eigenvalue weighted by Crippen LogP contribution is -2.55. The second kappa shape index (κ2) is 6.01. The number of aliphatic hydroxyl groups excluding tert-OH is 1. The molecule has 0 saturated heterocycles. The van der Waals surface area contributed by atoms with Gasteiger partial charge in [0.2, 0.25) is 5.91 Å². The summed E-state index contributed by atoms with van der Waals surface area (Å²) in [4.78, 5) is 12.1. The summed E-state index contributed by atoms with van der Waals surface area (Å²) in [6.07, 6.45) is 6.67. The smallest absolute Gasteiger partial charge is 0.225 e. The Morgan fingerprint density at radius 1 is 1.40 bits per heavy atom. The number of nitrogens with one attached hydrogen (secondary N) is 1. The zero-order valence-corrected chi connectivity index (χ0v) is 11.3. The Hall–Kier alpha value is -1.94. The van der Waals surface area contributed by atoms with Crippen LogP contribution in [0.5, 0.6) is 0 Å². The van der Waals surface area contributed by atoms with Gasteiger partial charge in [0.1, 0.15) is 5.82 Å². The number of aliphatic hydroxyl groups is 1. The third-order valence-corrected chi connectivity index (χ3v) is 3.59. The molecule has 0 radical (unpaired) electrons. The molecule has 0 aromatic heterocycles. The summed E-state index contributed by atoms with van der Waals surface area (Å²) in [7, 11) is 0. The molecule has 3 nitrogen and oxygen atoms in total. The van der Waals surface area contributed by atoms with Gasteiger partial charge in [-0.1, -0.05) is 49.4 Å². The van der Waals surface area contributed by atoms with Crippen LogP contribution in [0.2, 0.25) is 0 Å². The highest BCUT2D eigenvalue weighted by Gasteiger charge is 2.35. The first kappa shape index (κ1) is 14.5. The molecule has 0 spiro atoms. The molecule has 1 aromatic rings. The zero-order valence-electron chi connectivity index (χ0n) is 11.3. The number of hydrogen-bond acceptors (Lipinski definition) is 2. The van der Waals surface area contributed by atoms with Gasteiger partial charge < -0.3 is 10.4 Å². The lowest BCUT2D eigenvalue weighted by Gasteiger charge is -2.35. The number of hydrogen-bond donors (Lipinski definition) is 2. The SMILES string of the molecule is CCC1(NC(=O)Cc2ccccc2F)C=CC=CC1O. The summed E-state index contributed by atoms with van der Waals surface area (Å²) < 4.78 is 13.5. The second-order valence-electron chi connectivity index (χ2n) is 4.90. The molecule has 2 atom stereocenters. The monoisotopic (exact) mass is 275 g/mol. The fourth-order valence-electron chi connectivity index (χ4n) is 2.32. The van der Waals surface area contributed by atoms with Gasteiger partial charge >= 0.3 is 0 Å². The largest absolute Gasteiger partial charge is 0.386 e. The summed E-state index contributed by atoms with van der Waals surface area (Å²) in [5, 5.41) is 12.9. The van der Waals surface area contributed by atoms with Crippen molar-refractivity contribution in [2.24, 2.45) is 0 Å². The van der Waals surface area contributed by atoms with Crippen molar-refractivity contribution in [3.05, 3.63) is 60.0 Å². The normalized spacial score (nSPS) is 24.6. The fraction of sp³-hybridized carbons (Fsp3) is 0.312. The van der Waals surface area contributed by atoms with Crippen LogP contribution in [0.25, 0.3) is 0 Å². The van der Waals surface area contributed by atoms with Crippen LogP contribution in [-0.2, 0) is 11.2 Å². The van der Waals surface area contributed by atoms with E-state index in [1.807, 2.05) is 6.92 Å². The number of carbonyl (C=O) groups is 1. The van der Waals surface area contributed by atoms with E-state index in [2.05, 4.69) is 5.32 Å². The molecule has 1 amide bonds. The molecular formula is C16H18FNO2. The minimum Gasteiger partial charge on any atom is -0.386 e. The van der Waals surface area contributed by atoms with E-state index in [-0.39, 0.29) is 12.3 Å². The van der Waals surface area contributed by atoms with Crippen LogP contribution in [-0.4, -0.2) is 22.7 Å². The zero-order chi connectivity index (χ0) is 14.6. The van der Waals surface area contributed by atoms with E-state index in [4.69, 9.17) is 0 Å². The summed E-state index contributed by atoms with van der Waals surface area (Å²) in [5.41, 5.74) is -0.460. The number of allylic oxidation sites excluding steroid dienone is 2. The molecule has 0 aliphatic heterocycles. The highest BCUT2D eigenvalue weighted by molar-refractivity contribution is 5.80. The van der Waals surface area contributed by atoms with E-state index in [9.17, 15) is 14.3 Å². The van der Waals surface area contributed by atoms with Crippen molar-refractivity contribution >= 4 is 5.91 Å². The molecule has 106 valence electrons. The molecule has 0 saturated carbocycles. The van der Waals surface area contributed by atoms with Crippen molar-refractivity contribution in [2.75, 3.05) is 0 Å². The van der Waals surface area contributed by atoms with E-state index in [0.29, 0.717) is 12.0 Å². The third-order valence-electron chi connectivity index (χ3n) is 3.59. The standard InChI is InChI=1S/C16H18FNO2/c1-2-16(10-6-5-9-14(16)19)18-15(20)11-12-7-3-4-8-13(12)17/h3-10,14,19H,2,11H2,1H3,(H,18,20). The summed E-state index contributed by atoms with van der Waals surface area (Å²) in [5.74, 6) is -0.705. The van der Waals surface area contributed by atoms with Crippen LogP contribution in [0.3, 0.4) is 0 Å². The Bertz CT molecular complexity index is 553. The molecule has 2 unspecified atom stereocenters. The number of amides is 1. The van der Waals surface area contributed by atoms with E-state index in [1.54, 1.807) is 42.5 Å². The van der Waals surface area contributed by atoms with E-state index >= 15 is 0 Å². The summed E-state index contributed by atoms with van der Waals surface area (Å²) in [6.45, 7) is 1.89. The van der Waals surface area contributed by atoms with Crippen LogP contribution in [0.4, 0.5) is 4.39 Å². The van der Waals surface area contributed by atoms with Crippen LogP contribution in [0, 0.1) is 5.82 Å². The minimum atomic E-state index is -0.808. The molecule has 0 heterocycles. The molecule has 1 aliphatic carbocycles. The highest BCUT2D eigenvalue weighted by atomic mass is 19.1. The molecule has 0 fully saturated rings.